The Morgan fingerprint density at radius 1 is 0.774 bits per heavy atom. The Bertz CT molecular complexity index is 845. The number of pyridine rings is 1. The molecule has 5 nitrogen and oxygen atoms in total. The van der Waals surface area contributed by atoms with Gasteiger partial charge in [-0.25, -0.2) is 0 Å². The molecule has 3 saturated carbocycles. The molecule has 3 fully saturated rings. The van der Waals surface area contributed by atoms with Crippen LogP contribution in [-0.2, 0) is 0 Å². The van der Waals surface area contributed by atoms with Crippen molar-refractivity contribution in [2.24, 2.45) is 0 Å². The predicted molar refractivity (Wildman–Crippen MR) is 126 cm³/mol. The van der Waals surface area contributed by atoms with Crippen LogP contribution in [0.2, 0.25) is 11.8 Å². The average molecular weight is 530 g/mol. The summed E-state index contributed by atoms with van der Waals surface area (Å²) in [7, 11) is 0. The molecule has 0 spiro atoms. The van der Waals surface area contributed by atoms with Gasteiger partial charge in [0.25, 0.3) is 0 Å². The molecule has 3 aliphatic carbocycles. The van der Waals surface area contributed by atoms with Crippen molar-refractivity contribution < 1.29 is 4.42 Å². The molecule has 0 aromatic carbocycles. The SMILES string of the molecule is O=c1oc(-c2ccccn2)n[n]1[Sn]([CH]1CCCCC1)([CH]1CCCCC1)[CH]1CCCCC1. The fourth-order valence-corrected chi connectivity index (χ4v) is 29.2. The van der Waals surface area contributed by atoms with Crippen LogP contribution in [-0.4, -0.2) is 31.6 Å². The van der Waals surface area contributed by atoms with E-state index in [4.69, 9.17) is 9.52 Å². The monoisotopic (exact) mass is 531 g/mol. The van der Waals surface area contributed by atoms with E-state index in [0.29, 0.717) is 11.6 Å². The Kier molecular flexibility index (Phi) is 6.86. The maximum absolute atomic E-state index is 13.5. The molecule has 0 radical (unpaired) electrons. The van der Waals surface area contributed by atoms with Crippen molar-refractivity contribution >= 4 is 18.7 Å². The van der Waals surface area contributed by atoms with E-state index in [1.807, 2.05) is 18.2 Å². The second kappa shape index (κ2) is 9.80. The summed E-state index contributed by atoms with van der Waals surface area (Å²) in [6.45, 7) is 0. The van der Waals surface area contributed by atoms with Gasteiger partial charge in [0.15, 0.2) is 0 Å². The van der Waals surface area contributed by atoms with Crippen molar-refractivity contribution in [3.63, 3.8) is 0 Å². The van der Waals surface area contributed by atoms with Crippen LogP contribution in [0.3, 0.4) is 0 Å². The van der Waals surface area contributed by atoms with Crippen LogP contribution in [0.1, 0.15) is 96.3 Å². The number of nitrogens with zero attached hydrogens (tertiary/aromatic N) is 3. The Morgan fingerprint density at radius 3 is 1.74 bits per heavy atom. The predicted octanol–water partition coefficient (Wildman–Crippen LogP) is 6.69. The van der Waals surface area contributed by atoms with Gasteiger partial charge in [-0.05, 0) is 0 Å². The van der Waals surface area contributed by atoms with Gasteiger partial charge in [-0.15, -0.1) is 0 Å². The van der Waals surface area contributed by atoms with E-state index in [9.17, 15) is 4.79 Å². The van der Waals surface area contributed by atoms with Crippen LogP contribution in [0.15, 0.2) is 33.6 Å². The zero-order chi connectivity index (χ0) is 21.1. The molecule has 5 rings (SSSR count). The van der Waals surface area contributed by atoms with Gasteiger partial charge in [-0.2, -0.15) is 0 Å². The van der Waals surface area contributed by atoms with E-state index >= 15 is 0 Å². The number of hydrogen-bond acceptors (Lipinski definition) is 4. The minimum absolute atomic E-state index is 0.168. The van der Waals surface area contributed by atoms with Gasteiger partial charge >= 0.3 is 191 Å². The van der Waals surface area contributed by atoms with E-state index in [2.05, 4.69) is 7.89 Å². The molecule has 2 heterocycles. The first-order valence-corrected chi connectivity index (χ1v) is 19.0. The van der Waals surface area contributed by atoms with Gasteiger partial charge in [-0.3, -0.25) is 0 Å². The summed E-state index contributed by atoms with van der Waals surface area (Å²) in [5.74, 6) is 0.271. The van der Waals surface area contributed by atoms with Gasteiger partial charge in [0.1, 0.15) is 0 Å². The molecular weight excluding hydrogens is 493 g/mol. The Hall–Kier alpha value is -1.11. The van der Waals surface area contributed by atoms with Crippen LogP contribution < -0.4 is 5.76 Å². The third-order valence-corrected chi connectivity index (χ3v) is 27.6. The molecule has 2 aromatic heterocycles. The third-order valence-electron chi connectivity index (χ3n) is 8.58. The normalized spacial score (nSPS) is 22.6. The van der Waals surface area contributed by atoms with Crippen molar-refractivity contribution in [2.75, 3.05) is 0 Å². The summed E-state index contributed by atoms with van der Waals surface area (Å²) in [6, 6.07) is 5.75. The van der Waals surface area contributed by atoms with E-state index in [1.54, 1.807) is 6.20 Å². The van der Waals surface area contributed by atoms with Crippen LogP contribution in [0.4, 0.5) is 0 Å². The first kappa shape index (κ1) is 21.7. The molecule has 3 aliphatic rings. The summed E-state index contributed by atoms with van der Waals surface area (Å²) >= 11 is -3.31. The fraction of sp³-hybridized carbons (Fsp3) is 0.720. The van der Waals surface area contributed by atoms with E-state index < -0.39 is 18.7 Å². The van der Waals surface area contributed by atoms with Gasteiger partial charge in [0.2, 0.25) is 0 Å². The zero-order valence-corrected chi connectivity index (χ0v) is 21.7. The first-order chi connectivity index (χ1) is 15.3. The topological polar surface area (TPSA) is 60.9 Å². The molecule has 0 amide bonds. The van der Waals surface area contributed by atoms with Crippen LogP contribution in [0.5, 0.6) is 0 Å². The van der Waals surface area contributed by atoms with E-state index in [1.165, 1.54) is 96.3 Å². The molecule has 31 heavy (non-hydrogen) atoms. The summed E-state index contributed by atoms with van der Waals surface area (Å²) < 4.78 is 10.2. The zero-order valence-electron chi connectivity index (χ0n) is 18.8. The first-order valence-electron chi connectivity index (χ1n) is 12.8. The molecule has 0 unspecified atom stereocenters. The molecule has 168 valence electrons. The molecule has 2 aromatic rings. The maximum atomic E-state index is 13.5. The van der Waals surface area contributed by atoms with Crippen LogP contribution >= 0.6 is 0 Å². The van der Waals surface area contributed by atoms with Crippen molar-refractivity contribution in [1.29, 1.82) is 0 Å². The molecule has 0 bridgehead atoms. The average Bonchev–Trinajstić information content (AvgIpc) is 3.24. The number of rotatable bonds is 5. The summed E-state index contributed by atoms with van der Waals surface area (Å²) in [6.07, 6.45) is 21.8. The Balaban J connectivity index is 1.66. The standard InChI is InChI=1S/C7H5N3O2.3C6H11.Sn/c11-7-10-9-6(12-7)5-3-1-2-4-8-5;3*1-2-4-6-5-3-1;/h1-4H,(H,8,10,11);3*1H,2-6H2;/q;;;;+1/p-1. The van der Waals surface area contributed by atoms with Crippen molar-refractivity contribution in [1.82, 2.24) is 13.0 Å². The summed E-state index contributed by atoms with van der Waals surface area (Å²) in [5, 5.41) is 5.05. The van der Waals surface area contributed by atoms with E-state index in [0.717, 1.165) is 11.8 Å². The molecule has 0 atom stereocenters. The Labute approximate surface area is 190 Å². The Morgan fingerprint density at radius 2 is 1.29 bits per heavy atom. The van der Waals surface area contributed by atoms with Gasteiger partial charge in [0, 0.05) is 0 Å². The molecular formula is C25H37N3O2Sn. The van der Waals surface area contributed by atoms with Crippen molar-refractivity contribution in [3.8, 4) is 11.6 Å². The van der Waals surface area contributed by atoms with Crippen molar-refractivity contribution in [2.45, 2.75) is 108 Å². The number of hydrogen-bond donors (Lipinski definition) is 0. The molecule has 6 heteroatoms. The van der Waals surface area contributed by atoms with E-state index in [-0.39, 0.29) is 5.76 Å². The summed E-state index contributed by atoms with van der Waals surface area (Å²) in [4.78, 5) is 18.0. The third kappa shape index (κ3) is 4.16. The second-order valence-electron chi connectivity index (χ2n) is 10.2. The van der Waals surface area contributed by atoms with Gasteiger partial charge in [-0.1, -0.05) is 0 Å². The van der Waals surface area contributed by atoms with Gasteiger partial charge < -0.3 is 0 Å². The quantitative estimate of drug-likeness (QED) is 0.404. The number of aromatic nitrogens is 3. The molecule has 0 N–H and O–H groups in total. The fourth-order valence-electron chi connectivity index (χ4n) is 7.33. The second-order valence-corrected chi connectivity index (χ2v) is 23.5. The van der Waals surface area contributed by atoms with Crippen LogP contribution in [0, 0.1) is 0 Å². The molecule has 0 saturated heterocycles. The van der Waals surface area contributed by atoms with Gasteiger partial charge in [0.05, 0.1) is 0 Å². The molecule has 0 aliphatic heterocycles. The minimum atomic E-state index is -3.31. The summed E-state index contributed by atoms with van der Waals surface area (Å²) in [5.41, 5.74) is 0.689. The van der Waals surface area contributed by atoms with Crippen molar-refractivity contribution in [3.05, 3.63) is 34.9 Å². The van der Waals surface area contributed by atoms with Crippen LogP contribution in [0.25, 0.3) is 11.6 Å².